The molecule has 15 heavy (non-hydrogen) atoms. The molecular formula is C12H13N3. The van der Waals surface area contributed by atoms with Gasteiger partial charge in [-0.15, -0.1) is 0 Å². The van der Waals surface area contributed by atoms with Gasteiger partial charge < -0.3 is 0 Å². The van der Waals surface area contributed by atoms with Crippen molar-refractivity contribution in [3.8, 4) is 5.82 Å². The smallest absolute Gasteiger partial charge is 0.153 e. The number of hydrogen-bond donors (Lipinski definition) is 0. The summed E-state index contributed by atoms with van der Waals surface area (Å²) in [5.41, 5.74) is 3.94. The van der Waals surface area contributed by atoms with Gasteiger partial charge in [-0.1, -0.05) is 6.07 Å². The second kappa shape index (κ2) is 3.19. The molecule has 1 aliphatic carbocycles. The molecule has 3 heteroatoms. The van der Waals surface area contributed by atoms with Crippen LogP contribution >= 0.6 is 0 Å². The Morgan fingerprint density at radius 1 is 1.27 bits per heavy atom. The van der Waals surface area contributed by atoms with E-state index in [1.165, 1.54) is 24.1 Å². The summed E-state index contributed by atoms with van der Waals surface area (Å²) >= 11 is 0. The van der Waals surface area contributed by atoms with E-state index in [1.54, 1.807) is 0 Å². The monoisotopic (exact) mass is 199 g/mol. The molecule has 0 radical (unpaired) electrons. The number of pyridine rings is 1. The van der Waals surface area contributed by atoms with E-state index in [4.69, 9.17) is 0 Å². The first kappa shape index (κ1) is 8.65. The largest absolute Gasteiger partial charge is 0.237 e. The Labute approximate surface area is 88.8 Å². The lowest BCUT2D eigenvalue weighted by Crippen LogP contribution is -2.02. The molecule has 0 unspecified atom stereocenters. The van der Waals surface area contributed by atoms with Gasteiger partial charge in [-0.3, -0.25) is 0 Å². The number of fused-ring (bicyclic) bond motifs is 1. The average molecular weight is 199 g/mol. The second-order valence-corrected chi connectivity index (χ2v) is 3.96. The number of hydrogen-bond acceptors (Lipinski definition) is 2. The molecule has 0 saturated carbocycles. The van der Waals surface area contributed by atoms with Gasteiger partial charge in [-0.05, 0) is 43.9 Å². The van der Waals surface area contributed by atoms with Crippen LogP contribution in [0.25, 0.3) is 5.82 Å². The molecule has 2 aromatic rings. The van der Waals surface area contributed by atoms with Gasteiger partial charge in [0.25, 0.3) is 0 Å². The maximum absolute atomic E-state index is 4.56. The molecule has 2 heterocycles. The lowest BCUT2D eigenvalue weighted by atomic mass is 10.2. The van der Waals surface area contributed by atoms with Crippen LogP contribution in [-0.2, 0) is 12.8 Å². The Morgan fingerprint density at radius 3 is 3.00 bits per heavy atom. The van der Waals surface area contributed by atoms with Crippen LogP contribution in [0.3, 0.4) is 0 Å². The number of aryl methyl sites for hydroxylation is 1. The van der Waals surface area contributed by atoms with Crippen LogP contribution in [0.15, 0.2) is 24.4 Å². The van der Waals surface area contributed by atoms with E-state index in [1.807, 2.05) is 29.1 Å². The minimum atomic E-state index is 0.934. The van der Waals surface area contributed by atoms with Crippen LogP contribution in [0.2, 0.25) is 0 Å². The number of rotatable bonds is 1. The van der Waals surface area contributed by atoms with E-state index in [0.717, 1.165) is 17.9 Å². The molecule has 76 valence electrons. The Balaban J connectivity index is 2.18. The van der Waals surface area contributed by atoms with Crippen LogP contribution in [0.5, 0.6) is 0 Å². The summed E-state index contributed by atoms with van der Waals surface area (Å²) in [4.78, 5) is 4.34. The summed E-state index contributed by atoms with van der Waals surface area (Å²) in [6.07, 6.45) is 5.37. The second-order valence-electron chi connectivity index (χ2n) is 3.96. The molecular weight excluding hydrogens is 186 g/mol. The van der Waals surface area contributed by atoms with Gasteiger partial charge in [0, 0.05) is 11.9 Å². The third-order valence-electron chi connectivity index (χ3n) is 3.00. The highest BCUT2D eigenvalue weighted by Crippen LogP contribution is 2.26. The summed E-state index contributed by atoms with van der Waals surface area (Å²) in [7, 11) is 0. The van der Waals surface area contributed by atoms with E-state index < -0.39 is 0 Å². The van der Waals surface area contributed by atoms with Gasteiger partial charge in [0.2, 0.25) is 0 Å². The number of aromatic nitrogens is 3. The van der Waals surface area contributed by atoms with Gasteiger partial charge >= 0.3 is 0 Å². The average Bonchev–Trinajstić information content (AvgIpc) is 2.84. The fourth-order valence-corrected chi connectivity index (χ4v) is 2.29. The summed E-state index contributed by atoms with van der Waals surface area (Å²) in [5, 5.41) is 4.56. The Hall–Kier alpha value is -1.64. The molecule has 0 bridgehead atoms. The van der Waals surface area contributed by atoms with Crippen molar-refractivity contribution in [3.05, 3.63) is 41.3 Å². The number of nitrogens with zero attached hydrogens (tertiary/aromatic N) is 3. The van der Waals surface area contributed by atoms with Gasteiger partial charge in [0.05, 0.1) is 5.69 Å². The van der Waals surface area contributed by atoms with Crippen molar-refractivity contribution in [2.45, 2.75) is 26.2 Å². The standard InChI is InChI=1S/C12H13N3/c1-9-10-5-4-6-11(10)15(14-9)12-7-2-3-8-13-12/h2-3,7-8H,4-6H2,1H3. The van der Waals surface area contributed by atoms with Gasteiger partial charge in [-0.2, -0.15) is 5.10 Å². The predicted molar refractivity (Wildman–Crippen MR) is 58.1 cm³/mol. The first-order valence-electron chi connectivity index (χ1n) is 5.35. The van der Waals surface area contributed by atoms with Crippen molar-refractivity contribution in [2.24, 2.45) is 0 Å². The van der Waals surface area contributed by atoms with Crippen LogP contribution in [0.4, 0.5) is 0 Å². The summed E-state index contributed by atoms with van der Waals surface area (Å²) in [5.74, 6) is 0.934. The Kier molecular flexibility index (Phi) is 1.84. The van der Waals surface area contributed by atoms with E-state index >= 15 is 0 Å². The maximum atomic E-state index is 4.56. The van der Waals surface area contributed by atoms with Crippen LogP contribution in [0.1, 0.15) is 23.4 Å². The summed E-state index contributed by atoms with van der Waals surface area (Å²) in [6, 6.07) is 5.94. The van der Waals surface area contributed by atoms with E-state index in [2.05, 4.69) is 17.0 Å². The molecule has 0 amide bonds. The molecule has 3 nitrogen and oxygen atoms in total. The molecule has 0 atom stereocenters. The van der Waals surface area contributed by atoms with Crippen LogP contribution in [-0.4, -0.2) is 14.8 Å². The van der Waals surface area contributed by atoms with Crippen molar-refractivity contribution in [2.75, 3.05) is 0 Å². The van der Waals surface area contributed by atoms with Gasteiger partial charge in [-0.25, -0.2) is 9.67 Å². The molecule has 3 rings (SSSR count). The van der Waals surface area contributed by atoms with E-state index in [-0.39, 0.29) is 0 Å². The molecule has 0 fully saturated rings. The SMILES string of the molecule is Cc1nn(-c2ccccn2)c2c1CCC2. The topological polar surface area (TPSA) is 30.7 Å². The highest BCUT2D eigenvalue weighted by Gasteiger charge is 2.20. The summed E-state index contributed by atoms with van der Waals surface area (Å²) in [6.45, 7) is 2.09. The Morgan fingerprint density at radius 2 is 2.20 bits per heavy atom. The lowest BCUT2D eigenvalue weighted by Gasteiger charge is -2.02. The quantitative estimate of drug-likeness (QED) is 0.704. The zero-order valence-electron chi connectivity index (χ0n) is 8.77. The molecule has 0 aromatic carbocycles. The van der Waals surface area contributed by atoms with Crippen molar-refractivity contribution in [1.82, 2.24) is 14.8 Å². The molecule has 2 aromatic heterocycles. The van der Waals surface area contributed by atoms with E-state index in [0.29, 0.717) is 0 Å². The zero-order valence-corrected chi connectivity index (χ0v) is 8.77. The highest BCUT2D eigenvalue weighted by atomic mass is 15.3. The molecule has 1 aliphatic rings. The lowest BCUT2D eigenvalue weighted by molar-refractivity contribution is 0.757. The molecule has 0 N–H and O–H groups in total. The van der Waals surface area contributed by atoms with Crippen molar-refractivity contribution < 1.29 is 0 Å². The van der Waals surface area contributed by atoms with Crippen LogP contribution < -0.4 is 0 Å². The predicted octanol–water partition coefficient (Wildman–Crippen LogP) is 2.06. The molecule has 0 spiro atoms. The maximum Gasteiger partial charge on any atom is 0.153 e. The zero-order chi connectivity index (χ0) is 10.3. The highest BCUT2D eigenvalue weighted by molar-refractivity contribution is 5.35. The van der Waals surface area contributed by atoms with Crippen LogP contribution in [0, 0.1) is 6.92 Å². The minimum Gasteiger partial charge on any atom is -0.237 e. The first-order chi connectivity index (χ1) is 7.36. The molecule has 0 aliphatic heterocycles. The minimum absolute atomic E-state index is 0.934. The fraction of sp³-hybridized carbons (Fsp3) is 0.333. The van der Waals surface area contributed by atoms with Crippen molar-refractivity contribution >= 4 is 0 Å². The third-order valence-corrected chi connectivity index (χ3v) is 3.00. The summed E-state index contributed by atoms with van der Waals surface area (Å²) < 4.78 is 2.00. The molecule has 0 saturated heterocycles. The van der Waals surface area contributed by atoms with E-state index in [9.17, 15) is 0 Å². The van der Waals surface area contributed by atoms with Crippen molar-refractivity contribution in [3.63, 3.8) is 0 Å². The first-order valence-corrected chi connectivity index (χ1v) is 5.35. The van der Waals surface area contributed by atoms with Gasteiger partial charge in [0.15, 0.2) is 5.82 Å². The Bertz CT molecular complexity index is 485. The third kappa shape index (κ3) is 1.27. The van der Waals surface area contributed by atoms with Gasteiger partial charge in [0.1, 0.15) is 0 Å². The normalized spacial score (nSPS) is 14.2. The van der Waals surface area contributed by atoms with Crippen molar-refractivity contribution in [1.29, 1.82) is 0 Å². The fourth-order valence-electron chi connectivity index (χ4n) is 2.29.